The molecule has 1 aliphatic carbocycles. The average Bonchev–Trinajstić information content (AvgIpc) is 3.79. The summed E-state index contributed by atoms with van der Waals surface area (Å²) in [6.45, 7) is 6.66. The number of halogens is 1. The van der Waals surface area contributed by atoms with Gasteiger partial charge < -0.3 is 19.5 Å². The molecule has 0 bridgehead atoms. The molecule has 0 spiro atoms. The third-order valence-electron chi connectivity index (χ3n) is 8.44. The normalized spacial score (nSPS) is 19.7. The largest absolute Gasteiger partial charge is 0.451 e. The lowest BCUT2D eigenvalue weighted by molar-refractivity contribution is -0.106. The van der Waals surface area contributed by atoms with Crippen molar-refractivity contribution >= 4 is 5.82 Å². The molecular weight excluding hydrogens is 521 g/mol. The number of hydrogen-bond acceptors (Lipinski definition) is 8. The molecule has 3 aliphatic rings. The minimum Gasteiger partial charge on any atom is -0.451 e. The van der Waals surface area contributed by atoms with Crippen LogP contribution in [0.4, 0.5) is 10.2 Å². The van der Waals surface area contributed by atoms with Gasteiger partial charge in [-0.05, 0) is 60.2 Å². The van der Waals surface area contributed by atoms with Crippen molar-refractivity contribution in [3.8, 4) is 28.7 Å². The third kappa shape index (κ3) is 6.05. The first-order valence-electron chi connectivity index (χ1n) is 14.3. The van der Waals surface area contributed by atoms with Gasteiger partial charge in [-0.3, -0.25) is 4.90 Å². The zero-order chi connectivity index (χ0) is 28.6. The molecule has 3 heterocycles. The van der Waals surface area contributed by atoms with E-state index in [9.17, 15) is 14.8 Å². The predicted octanol–water partition coefficient (Wildman–Crippen LogP) is 5.12. The van der Waals surface area contributed by atoms with E-state index in [0.29, 0.717) is 67.0 Å². The number of anilines is 1. The molecule has 0 radical (unpaired) electrons. The molecule has 3 fully saturated rings. The monoisotopic (exact) mass is 557 g/mol. The average molecular weight is 558 g/mol. The number of aliphatic hydroxyl groups is 1. The maximum Gasteiger partial charge on any atom is 0.188 e. The van der Waals surface area contributed by atoms with Gasteiger partial charge in [-0.15, -0.1) is 0 Å². The number of rotatable bonds is 9. The second kappa shape index (κ2) is 11.0. The molecule has 0 amide bonds. The Morgan fingerprint density at radius 1 is 1.15 bits per heavy atom. The molecule has 1 aromatic heterocycles. The first kappa shape index (κ1) is 27.6. The zero-order valence-electron chi connectivity index (χ0n) is 23.6. The smallest absolute Gasteiger partial charge is 0.188 e. The van der Waals surface area contributed by atoms with Crippen LogP contribution < -0.4 is 9.64 Å². The van der Waals surface area contributed by atoms with Crippen LogP contribution in [0.1, 0.15) is 49.7 Å². The summed E-state index contributed by atoms with van der Waals surface area (Å²) in [4.78, 5) is 13.2. The lowest BCUT2D eigenvalue weighted by Crippen LogP contribution is -2.62. The molecule has 0 unspecified atom stereocenters. The minimum absolute atomic E-state index is 0.0290. The van der Waals surface area contributed by atoms with Crippen molar-refractivity contribution in [1.82, 2.24) is 14.9 Å². The minimum atomic E-state index is -0.666. The number of nitriles is 1. The van der Waals surface area contributed by atoms with Crippen LogP contribution in [0.15, 0.2) is 48.9 Å². The second-order valence-corrected chi connectivity index (χ2v) is 12.3. The predicted molar refractivity (Wildman–Crippen MR) is 153 cm³/mol. The Balaban J connectivity index is 1.20. The van der Waals surface area contributed by atoms with Crippen LogP contribution in [-0.2, 0) is 4.74 Å². The van der Waals surface area contributed by atoms with E-state index < -0.39 is 5.60 Å². The summed E-state index contributed by atoms with van der Waals surface area (Å²) < 4.78 is 26.4. The number of aromatic nitrogens is 2. The molecule has 41 heavy (non-hydrogen) atoms. The number of hydrogen-bond donors (Lipinski definition) is 1. The van der Waals surface area contributed by atoms with Crippen LogP contribution in [0.2, 0.25) is 0 Å². The molecule has 2 saturated heterocycles. The van der Waals surface area contributed by atoms with Gasteiger partial charge in [0.2, 0.25) is 0 Å². The van der Waals surface area contributed by atoms with E-state index in [0.717, 1.165) is 43.6 Å². The molecule has 214 valence electrons. The maximum atomic E-state index is 14.5. The van der Waals surface area contributed by atoms with Gasteiger partial charge in [0.25, 0.3) is 0 Å². The quantitative estimate of drug-likeness (QED) is 0.387. The van der Waals surface area contributed by atoms with E-state index in [1.807, 2.05) is 19.2 Å². The molecule has 9 heteroatoms. The van der Waals surface area contributed by atoms with Gasteiger partial charge >= 0.3 is 0 Å². The highest BCUT2D eigenvalue weighted by molar-refractivity contribution is 5.76. The van der Waals surface area contributed by atoms with Crippen LogP contribution in [-0.4, -0.2) is 72.0 Å². The van der Waals surface area contributed by atoms with Crippen LogP contribution in [0, 0.1) is 22.6 Å². The van der Waals surface area contributed by atoms with Crippen molar-refractivity contribution in [2.45, 2.75) is 44.1 Å². The summed E-state index contributed by atoms with van der Waals surface area (Å²) in [6.07, 6.45) is 6.61. The number of benzene rings is 2. The van der Waals surface area contributed by atoms with Crippen LogP contribution in [0.25, 0.3) is 11.1 Å². The van der Waals surface area contributed by atoms with Gasteiger partial charge in [-0.25, -0.2) is 14.4 Å². The summed E-state index contributed by atoms with van der Waals surface area (Å²) in [7, 11) is 1.99. The highest BCUT2D eigenvalue weighted by Crippen LogP contribution is 2.47. The van der Waals surface area contributed by atoms with E-state index in [4.69, 9.17) is 9.47 Å². The summed E-state index contributed by atoms with van der Waals surface area (Å²) in [5, 5.41) is 20.3. The zero-order valence-corrected chi connectivity index (χ0v) is 23.6. The lowest BCUT2D eigenvalue weighted by atomic mass is 9.79. The lowest BCUT2D eigenvalue weighted by Gasteiger charge is -2.52. The molecule has 1 saturated carbocycles. The number of ether oxygens (including phenoxy) is 2. The molecule has 6 rings (SSSR count). The SMILES string of the molecule is CN(CC1(C)CN(CC2(O)CCOCC2)C1)c1ncncc1Oc1ccc(F)cc1-c1ccc(C#N)cc1C1CC1. The van der Waals surface area contributed by atoms with Gasteiger partial charge in [0.15, 0.2) is 11.6 Å². The first-order chi connectivity index (χ1) is 19.7. The number of nitrogens with zero attached hydrogens (tertiary/aromatic N) is 5. The van der Waals surface area contributed by atoms with Gasteiger partial charge in [-0.1, -0.05) is 13.0 Å². The van der Waals surface area contributed by atoms with Crippen molar-refractivity contribution in [3.63, 3.8) is 0 Å². The van der Waals surface area contributed by atoms with Crippen molar-refractivity contribution < 1.29 is 19.0 Å². The van der Waals surface area contributed by atoms with E-state index in [2.05, 4.69) is 32.8 Å². The Hall–Kier alpha value is -3.58. The van der Waals surface area contributed by atoms with Crippen LogP contribution in [0.5, 0.6) is 11.5 Å². The number of likely N-dealkylation sites (tertiary alicyclic amines) is 1. The Morgan fingerprint density at radius 2 is 1.93 bits per heavy atom. The molecule has 8 nitrogen and oxygen atoms in total. The summed E-state index contributed by atoms with van der Waals surface area (Å²) in [5.74, 6) is 1.66. The Morgan fingerprint density at radius 3 is 2.66 bits per heavy atom. The summed E-state index contributed by atoms with van der Waals surface area (Å²) >= 11 is 0. The van der Waals surface area contributed by atoms with E-state index in [1.165, 1.54) is 18.5 Å². The Kier molecular flexibility index (Phi) is 7.41. The van der Waals surface area contributed by atoms with Crippen molar-refractivity contribution in [1.29, 1.82) is 5.26 Å². The van der Waals surface area contributed by atoms with E-state index in [-0.39, 0.29) is 11.2 Å². The highest BCUT2D eigenvalue weighted by atomic mass is 19.1. The fourth-order valence-corrected chi connectivity index (χ4v) is 6.42. The number of β-amino-alcohol motifs (C(OH)–C–C–N with tert-alkyl or cyclic N) is 1. The summed E-state index contributed by atoms with van der Waals surface area (Å²) in [6, 6.07) is 12.3. The molecular formula is C32H36FN5O3. The van der Waals surface area contributed by atoms with Crippen molar-refractivity contribution in [3.05, 3.63) is 65.9 Å². The fourth-order valence-electron chi connectivity index (χ4n) is 6.42. The van der Waals surface area contributed by atoms with Gasteiger partial charge in [0, 0.05) is 70.3 Å². The van der Waals surface area contributed by atoms with Crippen molar-refractivity contribution in [2.75, 3.05) is 51.3 Å². The topological polar surface area (TPSA) is 94.7 Å². The first-order valence-corrected chi connectivity index (χ1v) is 14.3. The molecule has 2 aromatic carbocycles. The van der Waals surface area contributed by atoms with Crippen molar-refractivity contribution in [2.24, 2.45) is 5.41 Å². The van der Waals surface area contributed by atoms with Crippen LogP contribution >= 0.6 is 0 Å². The van der Waals surface area contributed by atoms with E-state index in [1.54, 1.807) is 18.3 Å². The van der Waals surface area contributed by atoms with Crippen LogP contribution in [0.3, 0.4) is 0 Å². The molecule has 1 N–H and O–H groups in total. The van der Waals surface area contributed by atoms with E-state index >= 15 is 0 Å². The van der Waals surface area contributed by atoms with Gasteiger partial charge in [0.1, 0.15) is 17.9 Å². The fraction of sp³-hybridized carbons (Fsp3) is 0.469. The second-order valence-electron chi connectivity index (χ2n) is 12.3. The van der Waals surface area contributed by atoms with Gasteiger partial charge in [0.05, 0.1) is 23.4 Å². The van der Waals surface area contributed by atoms with Gasteiger partial charge in [-0.2, -0.15) is 5.26 Å². The Bertz CT molecular complexity index is 1460. The Labute approximate surface area is 240 Å². The maximum absolute atomic E-state index is 14.5. The highest BCUT2D eigenvalue weighted by Gasteiger charge is 2.43. The third-order valence-corrected chi connectivity index (χ3v) is 8.44. The standard InChI is InChI=1S/C32H36FN5O3/c1-31(18-38(19-31)20-32(39)9-11-40-12-10-32)17-37(2)30-29(16-35-21-36-30)41-28-8-6-24(33)14-27(28)25-7-3-22(15-34)13-26(25)23-4-5-23/h3,6-8,13-14,16,21,23,39H,4-5,9-12,17-20H2,1-2H3. The molecule has 0 atom stereocenters. The molecule has 2 aliphatic heterocycles. The summed E-state index contributed by atoms with van der Waals surface area (Å²) in [5.41, 5.74) is 2.53. The molecule has 3 aromatic rings.